The minimum absolute atomic E-state index is 0.0254. The number of ether oxygens (including phenoxy) is 3. The summed E-state index contributed by atoms with van der Waals surface area (Å²) in [6, 6.07) is 14.6. The molecule has 6 atom stereocenters. The fourth-order valence-corrected chi connectivity index (χ4v) is 9.86. The van der Waals surface area contributed by atoms with Crippen LogP contribution in [0.1, 0.15) is 55.1 Å². The highest BCUT2D eigenvalue weighted by atomic mass is 32.2. The molecular formula is C45H44N6O14S. The number of fused-ring (bicyclic) bond motifs is 1. The second kappa shape index (κ2) is 19.8. The van der Waals surface area contributed by atoms with Crippen LogP contribution in [0, 0.1) is 48.1 Å². The Morgan fingerprint density at radius 2 is 1.47 bits per heavy atom. The van der Waals surface area contributed by atoms with Crippen LogP contribution in [-0.2, 0) is 41.8 Å². The molecule has 7 rings (SSSR count). The summed E-state index contributed by atoms with van der Waals surface area (Å²) in [6.07, 6.45) is 3.85. The molecule has 2 unspecified atom stereocenters. The summed E-state index contributed by atoms with van der Waals surface area (Å²) in [5.74, 6) is -3.10. The topological polar surface area (TPSA) is 261 Å². The number of likely N-dealkylation sites (tertiary alicyclic amines) is 1. The highest BCUT2D eigenvalue weighted by Gasteiger charge is 2.60. The lowest BCUT2D eigenvalue weighted by molar-refractivity contribution is -0.508. The summed E-state index contributed by atoms with van der Waals surface area (Å²) >= 11 is 1.26. The molecule has 3 amide bonds. The number of nitro benzene ring substituents is 2. The van der Waals surface area contributed by atoms with Gasteiger partial charge < -0.3 is 24.4 Å². The molecule has 3 aromatic carbocycles. The number of carbonyl (C=O) groups is 5. The first-order valence-electron chi connectivity index (χ1n) is 20.9. The van der Waals surface area contributed by atoms with Gasteiger partial charge in [0.2, 0.25) is 17.9 Å². The summed E-state index contributed by atoms with van der Waals surface area (Å²) in [4.78, 5) is 104. The van der Waals surface area contributed by atoms with Crippen LogP contribution in [0.25, 0.3) is 0 Å². The SMILES string of the molecule is CC(C)[C@H]1C(=O)N2C(C(=O)OCc3ccc([N+](=O)[O-])cc3)=C(S[C@H]3C[C@@H](C(=O)Nc4cccc(C(=O)OCc5ccc([N+](=O)[O-])cc5)c4)N(C(=O)OCC4=CCC([N+](=O)[O-])C=C4)C3)[C@H](C)C12. The molecule has 3 aliphatic heterocycles. The van der Waals surface area contributed by atoms with Crippen molar-refractivity contribution in [1.29, 1.82) is 0 Å². The van der Waals surface area contributed by atoms with Gasteiger partial charge in [-0.1, -0.05) is 39.0 Å². The van der Waals surface area contributed by atoms with E-state index in [4.69, 9.17) is 14.2 Å². The number of esters is 2. The number of nitrogens with one attached hydrogen (secondary N) is 1. The maximum Gasteiger partial charge on any atom is 0.410 e. The Morgan fingerprint density at radius 3 is 2.03 bits per heavy atom. The summed E-state index contributed by atoms with van der Waals surface area (Å²) < 4.78 is 16.8. The van der Waals surface area contributed by atoms with Gasteiger partial charge in [-0.2, -0.15) is 0 Å². The van der Waals surface area contributed by atoms with Crippen molar-refractivity contribution in [3.63, 3.8) is 0 Å². The zero-order valence-corrected chi connectivity index (χ0v) is 36.6. The van der Waals surface area contributed by atoms with E-state index in [-0.39, 0.29) is 97.2 Å². The molecule has 66 heavy (non-hydrogen) atoms. The van der Waals surface area contributed by atoms with E-state index in [0.29, 0.717) is 21.6 Å². The van der Waals surface area contributed by atoms with E-state index in [9.17, 15) is 54.3 Å². The number of hydrogen-bond donors (Lipinski definition) is 1. The minimum Gasteiger partial charge on any atom is -0.457 e. The van der Waals surface area contributed by atoms with Gasteiger partial charge in [-0.15, -0.1) is 11.8 Å². The van der Waals surface area contributed by atoms with Gasteiger partial charge in [0, 0.05) is 63.9 Å². The van der Waals surface area contributed by atoms with E-state index in [1.165, 1.54) is 100 Å². The van der Waals surface area contributed by atoms with Crippen LogP contribution in [0.4, 0.5) is 21.9 Å². The molecule has 344 valence electrons. The number of carbonyl (C=O) groups excluding carboxylic acids is 5. The maximum absolute atomic E-state index is 14.2. The maximum atomic E-state index is 14.2. The van der Waals surface area contributed by atoms with Gasteiger partial charge in [0.1, 0.15) is 31.6 Å². The van der Waals surface area contributed by atoms with Crippen LogP contribution in [0.5, 0.6) is 0 Å². The fraction of sp³-hybridized carbons (Fsp3) is 0.356. The van der Waals surface area contributed by atoms with E-state index >= 15 is 0 Å². The molecule has 1 aliphatic carbocycles. The lowest BCUT2D eigenvalue weighted by atomic mass is 9.75. The van der Waals surface area contributed by atoms with Gasteiger partial charge in [-0.05, 0) is 77.6 Å². The van der Waals surface area contributed by atoms with Gasteiger partial charge in [-0.25, -0.2) is 14.4 Å². The Bertz CT molecular complexity index is 2560. The molecule has 21 heteroatoms. The van der Waals surface area contributed by atoms with Crippen molar-refractivity contribution < 1.29 is 53.0 Å². The molecule has 3 aromatic rings. The van der Waals surface area contributed by atoms with Crippen molar-refractivity contribution in [3.8, 4) is 0 Å². The molecule has 4 aliphatic rings. The first-order chi connectivity index (χ1) is 31.5. The van der Waals surface area contributed by atoms with Crippen LogP contribution in [-0.4, -0.2) is 90.9 Å². The number of benzene rings is 3. The first-order valence-corrected chi connectivity index (χ1v) is 21.8. The van der Waals surface area contributed by atoms with Crippen molar-refractivity contribution in [1.82, 2.24) is 9.80 Å². The summed E-state index contributed by atoms with van der Waals surface area (Å²) in [6.45, 7) is 5.10. The van der Waals surface area contributed by atoms with Crippen LogP contribution >= 0.6 is 11.8 Å². The number of nitro groups is 3. The van der Waals surface area contributed by atoms with Crippen molar-refractivity contribution in [3.05, 3.63) is 154 Å². The second-order valence-corrected chi connectivity index (χ2v) is 17.8. The Balaban J connectivity index is 1.10. The van der Waals surface area contributed by atoms with Crippen LogP contribution in [0.2, 0.25) is 0 Å². The highest BCUT2D eigenvalue weighted by molar-refractivity contribution is 8.03. The summed E-state index contributed by atoms with van der Waals surface area (Å²) in [7, 11) is 0. The fourth-order valence-electron chi connectivity index (χ4n) is 8.34. The van der Waals surface area contributed by atoms with Gasteiger partial charge in [0.25, 0.3) is 11.4 Å². The average Bonchev–Trinajstić information content (AvgIpc) is 3.83. The number of amides is 3. The Kier molecular flexibility index (Phi) is 13.9. The monoisotopic (exact) mass is 924 g/mol. The van der Waals surface area contributed by atoms with Crippen molar-refractivity contribution in [2.24, 2.45) is 17.8 Å². The smallest absolute Gasteiger partial charge is 0.410 e. The molecule has 0 bridgehead atoms. The van der Waals surface area contributed by atoms with Gasteiger partial charge in [0.15, 0.2) is 0 Å². The number of anilines is 1. The Morgan fingerprint density at radius 1 is 0.848 bits per heavy atom. The standard InChI is InChI=1S/C45H44N6O14S/c1-25(2)37-38-26(3)40(39(48(38)42(37)53)44(55)64-23-28-9-15-33(16-10-28)50(59)60)66-35-20-36(47(21-35)45(56)65-24-29-11-17-34(18-12-29)51(61)62)41(52)46-31-6-4-5-30(19-31)43(54)63-22-27-7-13-32(14-8-27)49(57)58/h4-17,19,25-26,34-38H,18,20-24H2,1-3H3,(H,46,52)/t26-,34?,35+,36+,37-,38?/m1/s1. The van der Waals surface area contributed by atoms with Gasteiger partial charge >= 0.3 is 18.0 Å². The molecule has 1 N–H and O–H groups in total. The quantitative estimate of drug-likeness (QED) is 0.0513. The van der Waals surface area contributed by atoms with Crippen molar-refractivity contribution in [2.45, 2.75) is 70.2 Å². The van der Waals surface area contributed by atoms with E-state index in [1.807, 2.05) is 20.8 Å². The summed E-state index contributed by atoms with van der Waals surface area (Å²) in [5.41, 5.74) is 1.64. The van der Waals surface area contributed by atoms with Crippen LogP contribution < -0.4 is 5.32 Å². The third kappa shape index (κ3) is 10.1. The first kappa shape index (κ1) is 46.6. The van der Waals surface area contributed by atoms with Gasteiger partial charge in [0.05, 0.1) is 27.4 Å². The second-order valence-electron chi connectivity index (χ2n) is 16.5. The zero-order chi connectivity index (χ0) is 47.4. The largest absolute Gasteiger partial charge is 0.457 e. The predicted octanol–water partition coefficient (Wildman–Crippen LogP) is 6.73. The molecule has 0 saturated carbocycles. The molecule has 3 heterocycles. The van der Waals surface area contributed by atoms with Crippen LogP contribution in [0.15, 0.2) is 107 Å². The Labute approximate surface area is 381 Å². The summed E-state index contributed by atoms with van der Waals surface area (Å²) in [5, 5.41) is 35.7. The molecule has 0 radical (unpaired) electrons. The average molecular weight is 925 g/mol. The minimum atomic E-state index is -1.13. The van der Waals surface area contributed by atoms with E-state index in [1.54, 1.807) is 12.1 Å². The normalized spacial score (nSPS) is 22.0. The number of hydrogen-bond acceptors (Lipinski definition) is 15. The molecule has 0 aromatic heterocycles. The van der Waals surface area contributed by atoms with Crippen LogP contribution in [0.3, 0.4) is 0 Å². The third-order valence-electron chi connectivity index (χ3n) is 11.8. The number of thioether (sulfide) groups is 1. The number of rotatable bonds is 16. The van der Waals surface area contributed by atoms with Crippen molar-refractivity contribution >= 4 is 58.7 Å². The number of non-ortho nitro benzene ring substituents is 2. The van der Waals surface area contributed by atoms with E-state index in [2.05, 4.69) is 5.32 Å². The Hall–Kier alpha value is -7.42. The lowest BCUT2D eigenvalue weighted by Crippen LogP contribution is -2.62. The van der Waals surface area contributed by atoms with Crippen molar-refractivity contribution in [2.75, 3.05) is 18.5 Å². The number of nitrogens with zero attached hydrogens (tertiary/aromatic N) is 5. The third-order valence-corrected chi connectivity index (χ3v) is 13.3. The highest BCUT2D eigenvalue weighted by Crippen LogP contribution is 2.53. The predicted molar refractivity (Wildman–Crippen MR) is 236 cm³/mol. The molecule has 0 spiro atoms. The number of β-lactam (4-membered cyclic amide) rings is 1. The molecule has 20 nitrogen and oxygen atoms in total. The zero-order valence-electron chi connectivity index (χ0n) is 35.8. The van der Waals surface area contributed by atoms with E-state index in [0.717, 1.165) is 0 Å². The van der Waals surface area contributed by atoms with Gasteiger partial charge in [-0.3, -0.25) is 44.8 Å². The lowest BCUT2D eigenvalue weighted by Gasteiger charge is -2.47. The molecule has 2 fully saturated rings. The van der Waals surface area contributed by atoms with E-state index < -0.39 is 56.0 Å². The molecule has 2 saturated heterocycles. The molecular weight excluding hydrogens is 881 g/mol.